The van der Waals surface area contributed by atoms with Gasteiger partial charge in [-0.1, -0.05) is 56.2 Å². The lowest BCUT2D eigenvalue weighted by atomic mass is 9.85. The van der Waals surface area contributed by atoms with Gasteiger partial charge in [-0.3, -0.25) is 4.98 Å². The van der Waals surface area contributed by atoms with Gasteiger partial charge in [-0.2, -0.15) is 0 Å². The molecule has 0 aliphatic heterocycles. The van der Waals surface area contributed by atoms with Gasteiger partial charge < -0.3 is 0 Å². The van der Waals surface area contributed by atoms with E-state index in [4.69, 9.17) is 0 Å². The molecule has 0 aliphatic carbocycles. The fourth-order valence-corrected chi connectivity index (χ4v) is 2.99. The summed E-state index contributed by atoms with van der Waals surface area (Å²) in [5, 5.41) is 2.48. The zero-order valence-electron chi connectivity index (χ0n) is 14.1. The molecule has 0 fully saturated rings. The lowest BCUT2D eigenvalue weighted by Gasteiger charge is -2.20. The molecule has 3 aromatic rings. The van der Waals surface area contributed by atoms with Crippen LogP contribution in [-0.4, -0.2) is 4.98 Å². The summed E-state index contributed by atoms with van der Waals surface area (Å²) in [5.41, 5.74) is 6.35. The Morgan fingerprint density at radius 3 is 2.14 bits per heavy atom. The molecule has 1 heterocycles. The van der Waals surface area contributed by atoms with Gasteiger partial charge in [0.2, 0.25) is 0 Å². The maximum absolute atomic E-state index is 4.65. The number of aryl methyl sites for hydroxylation is 2. The fraction of sp³-hybridized carbons (Fsp3) is 0.286. The second kappa shape index (κ2) is 5.24. The van der Waals surface area contributed by atoms with Crippen LogP contribution in [0.1, 0.15) is 37.5 Å². The van der Waals surface area contributed by atoms with Crippen molar-refractivity contribution in [3.63, 3.8) is 0 Å². The van der Waals surface area contributed by atoms with Crippen LogP contribution in [0.2, 0.25) is 0 Å². The van der Waals surface area contributed by atoms with E-state index in [9.17, 15) is 0 Å². The molecule has 0 saturated heterocycles. The first-order valence-electron chi connectivity index (χ1n) is 7.82. The largest absolute Gasteiger partial charge is 0.256 e. The first-order valence-corrected chi connectivity index (χ1v) is 7.82. The third kappa shape index (κ3) is 2.76. The van der Waals surface area contributed by atoms with E-state index in [1.807, 2.05) is 6.20 Å². The van der Waals surface area contributed by atoms with Crippen molar-refractivity contribution in [2.45, 2.75) is 40.0 Å². The van der Waals surface area contributed by atoms with E-state index >= 15 is 0 Å². The van der Waals surface area contributed by atoms with Crippen LogP contribution in [-0.2, 0) is 5.41 Å². The standard InChI is InChI=1S/C21H23N/c1-14-10-15(2)12-17(11-14)20-19-7-6-18(21(3,4)5)13-16(19)8-9-22-20/h6-13H,1-5H3. The highest BCUT2D eigenvalue weighted by molar-refractivity contribution is 5.95. The number of aromatic nitrogens is 1. The number of nitrogens with zero attached hydrogens (tertiary/aromatic N) is 1. The quantitative estimate of drug-likeness (QED) is 0.550. The van der Waals surface area contributed by atoms with Crippen molar-refractivity contribution < 1.29 is 0 Å². The number of benzene rings is 2. The molecule has 22 heavy (non-hydrogen) atoms. The molecule has 1 aromatic heterocycles. The van der Waals surface area contributed by atoms with Crippen LogP contribution in [0.25, 0.3) is 22.0 Å². The van der Waals surface area contributed by atoms with Crippen LogP contribution in [0.3, 0.4) is 0 Å². The lowest BCUT2D eigenvalue weighted by Crippen LogP contribution is -2.10. The Kier molecular flexibility index (Phi) is 3.52. The minimum Gasteiger partial charge on any atom is -0.256 e. The summed E-state index contributed by atoms with van der Waals surface area (Å²) in [6, 6.07) is 15.5. The van der Waals surface area contributed by atoms with Crippen LogP contribution in [0.15, 0.2) is 48.7 Å². The van der Waals surface area contributed by atoms with Crippen LogP contribution >= 0.6 is 0 Å². The van der Waals surface area contributed by atoms with Crippen molar-refractivity contribution in [2.24, 2.45) is 0 Å². The van der Waals surface area contributed by atoms with Crippen LogP contribution in [0.4, 0.5) is 0 Å². The molecule has 1 heteroatoms. The first-order chi connectivity index (χ1) is 10.3. The third-order valence-electron chi connectivity index (χ3n) is 4.13. The van der Waals surface area contributed by atoms with E-state index in [1.54, 1.807) is 0 Å². The van der Waals surface area contributed by atoms with Gasteiger partial charge in [-0.25, -0.2) is 0 Å². The van der Waals surface area contributed by atoms with Crippen molar-refractivity contribution in [1.29, 1.82) is 0 Å². The minimum atomic E-state index is 0.164. The van der Waals surface area contributed by atoms with Gasteiger partial charge in [0.15, 0.2) is 0 Å². The summed E-state index contributed by atoms with van der Waals surface area (Å²) in [6.07, 6.45) is 1.92. The normalized spacial score (nSPS) is 11.9. The summed E-state index contributed by atoms with van der Waals surface area (Å²) in [5.74, 6) is 0. The summed E-state index contributed by atoms with van der Waals surface area (Å²) in [4.78, 5) is 4.65. The van der Waals surface area contributed by atoms with E-state index in [0.29, 0.717) is 0 Å². The summed E-state index contributed by atoms with van der Waals surface area (Å²) in [7, 11) is 0. The maximum atomic E-state index is 4.65. The van der Waals surface area contributed by atoms with Gasteiger partial charge in [0.05, 0.1) is 5.69 Å². The van der Waals surface area contributed by atoms with E-state index in [-0.39, 0.29) is 5.41 Å². The molecule has 112 valence electrons. The first kappa shape index (κ1) is 14.8. The second-order valence-corrected chi connectivity index (χ2v) is 7.22. The third-order valence-corrected chi connectivity index (χ3v) is 4.13. The molecule has 0 spiro atoms. The minimum absolute atomic E-state index is 0.164. The zero-order chi connectivity index (χ0) is 15.9. The van der Waals surface area contributed by atoms with Crippen molar-refractivity contribution in [3.05, 3.63) is 65.4 Å². The average Bonchev–Trinajstić information content (AvgIpc) is 2.44. The molecule has 0 saturated carbocycles. The van der Waals surface area contributed by atoms with E-state index in [1.165, 1.54) is 33.0 Å². The highest BCUT2D eigenvalue weighted by Gasteiger charge is 2.15. The summed E-state index contributed by atoms with van der Waals surface area (Å²) < 4.78 is 0. The summed E-state index contributed by atoms with van der Waals surface area (Å²) in [6.45, 7) is 11.0. The monoisotopic (exact) mass is 289 g/mol. The molecule has 0 bridgehead atoms. The molecule has 0 unspecified atom stereocenters. The van der Waals surface area contributed by atoms with Gasteiger partial charge >= 0.3 is 0 Å². The van der Waals surface area contributed by atoms with Gasteiger partial charge in [0.1, 0.15) is 0 Å². The number of hydrogen-bond acceptors (Lipinski definition) is 1. The van der Waals surface area contributed by atoms with Crippen molar-refractivity contribution in [1.82, 2.24) is 4.98 Å². The smallest absolute Gasteiger partial charge is 0.0780 e. The molecule has 2 aromatic carbocycles. The number of rotatable bonds is 1. The Bertz CT molecular complexity index is 818. The highest BCUT2D eigenvalue weighted by atomic mass is 14.7. The zero-order valence-corrected chi connectivity index (χ0v) is 14.1. The predicted octanol–water partition coefficient (Wildman–Crippen LogP) is 5.82. The van der Waals surface area contributed by atoms with Crippen molar-refractivity contribution >= 4 is 10.8 Å². The van der Waals surface area contributed by atoms with Crippen LogP contribution < -0.4 is 0 Å². The Morgan fingerprint density at radius 2 is 1.50 bits per heavy atom. The topological polar surface area (TPSA) is 12.9 Å². The molecule has 0 atom stereocenters. The number of pyridine rings is 1. The van der Waals surface area contributed by atoms with Crippen LogP contribution in [0, 0.1) is 13.8 Å². The second-order valence-electron chi connectivity index (χ2n) is 7.22. The van der Waals surface area contributed by atoms with Gasteiger partial charge in [-0.15, -0.1) is 0 Å². The Morgan fingerprint density at radius 1 is 0.818 bits per heavy atom. The molecule has 0 aliphatic rings. The Balaban J connectivity index is 2.23. The molecule has 0 radical (unpaired) electrons. The molecule has 3 rings (SSSR count). The Hall–Kier alpha value is -2.15. The lowest BCUT2D eigenvalue weighted by molar-refractivity contribution is 0.591. The van der Waals surface area contributed by atoms with E-state index < -0.39 is 0 Å². The van der Waals surface area contributed by atoms with Crippen LogP contribution in [0.5, 0.6) is 0 Å². The van der Waals surface area contributed by atoms with Crippen molar-refractivity contribution in [3.8, 4) is 11.3 Å². The van der Waals surface area contributed by atoms with Crippen molar-refractivity contribution in [2.75, 3.05) is 0 Å². The fourth-order valence-electron chi connectivity index (χ4n) is 2.99. The number of hydrogen-bond donors (Lipinski definition) is 0. The number of fused-ring (bicyclic) bond motifs is 1. The molecule has 0 amide bonds. The maximum Gasteiger partial charge on any atom is 0.0780 e. The predicted molar refractivity (Wildman–Crippen MR) is 95.4 cm³/mol. The molecular weight excluding hydrogens is 266 g/mol. The van der Waals surface area contributed by atoms with E-state index in [0.717, 1.165) is 5.69 Å². The molecule has 0 N–H and O–H groups in total. The van der Waals surface area contributed by atoms with Gasteiger partial charge in [0, 0.05) is 17.1 Å². The average molecular weight is 289 g/mol. The summed E-state index contributed by atoms with van der Waals surface area (Å²) >= 11 is 0. The van der Waals surface area contributed by atoms with Gasteiger partial charge in [-0.05, 0) is 48.4 Å². The van der Waals surface area contributed by atoms with E-state index in [2.05, 4.69) is 82.1 Å². The molecular formula is C21H23N. The highest BCUT2D eigenvalue weighted by Crippen LogP contribution is 2.31. The molecule has 1 nitrogen and oxygen atoms in total. The Labute approximate surface area is 133 Å². The van der Waals surface area contributed by atoms with Gasteiger partial charge in [0.25, 0.3) is 0 Å². The SMILES string of the molecule is Cc1cc(C)cc(-c2nccc3cc(C(C)(C)C)ccc23)c1.